The number of nitrogens with zero attached hydrogens (tertiary/aromatic N) is 6. The maximum atomic E-state index is 14.7. The van der Waals surface area contributed by atoms with Gasteiger partial charge in [-0.1, -0.05) is 12.1 Å². The highest BCUT2D eigenvalue weighted by atomic mass is 32.2. The average molecular weight is 471 g/mol. The molecule has 1 N–H and O–H groups in total. The van der Waals surface area contributed by atoms with Crippen molar-refractivity contribution in [1.29, 1.82) is 0 Å². The highest BCUT2D eigenvalue weighted by Gasteiger charge is 2.23. The van der Waals surface area contributed by atoms with Crippen LogP contribution in [0.1, 0.15) is 11.4 Å². The Kier molecular flexibility index (Phi) is 6.63. The molecule has 1 aromatic carbocycles. The van der Waals surface area contributed by atoms with E-state index in [0.717, 1.165) is 22.3 Å². The average Bonchev–Trinajstić information content (AvgIpc) is 3.21. The fourth-order valence-electron chi connectivity index (χ4n) is 2.97. The molecular formula is C21H19F2N7O2S. The zero-order chi connectivity index (χ0) is 23.4. The maximum absolute atomic E-state index is 14.7. The Balaban J connectivity index is 1.68. The van der Waals surface area contributed by atoms with Crippen LogP contribution in [-0.2, 0) is 17.4 Å². The summed E-state index contributed by atoms with van der Waals surface area (Å²) in [6, 6.07) is 8.33. The molecule has 0 aliphatic rings. The van der Waals surface area contributed by atoms with Crippen molar-refractivity contribution >= 4 is 16.9 Å². The van der Waals surface area contributed by atoms with Gasteiger partial charge >= 0.3 is 0 Å². The lowest BCUT2D eigenvalue weighted by atomic mass is 10.2. The zero-order valence-electron chi connectivity index (χ0n) is 17.7. The van der Waals surface area contributed by atoms with E-state index in [1.165, 1.54) is 13.2 Å². The number of para-hydroxylation sites is 1. The van der Waals surface area contributed by atoms with Crippen LogP contribution >= 0.6 is 0 Å². The second-order valence-electron chi connectivity index (χ2n) is 6.90. The van der Waals surface area contributed by atoms with Gasteiger partial charge in [-0.15, -0.1) is 10.2 Å². The number of pyridine rings is 1. The number of halogens is 2. The number of hydrogen-bond acceptors (Lipinski definition) is 7. The van der Waals surface area contributed by atoms with E-state index in [0.29, 0.717) is 12.2 Å². The quantitative estimate of drug-likeness (QED) is 0.421. The third kappa shape index (κ3) is 5.00. The van der Waals surface area contributed by atoms with E-state index < -0.39 is 28.3 Å². The summed E-state index contributed by atoms with van der Waals surface area (Å²) < 4.78 is 51.0. The Morgan fingerprint density at radius 1 is 1.06 bits per heavy atom. The first-order valence-corrected chi connectivity index (χ1v) is 11.1. The Morgan fingerprint density at radius 3 is 2.45 bits per heavy atom. The van der Waals surface area contributed by atoms with Gasteiger partial charge in [0.1, 0.15) is 39.8 Å². The van der Waals surface area contributed by atoms with Crippen LogP contribution in [0.25, 0.3) is 17.2 Å². The Morgan fingerprint density at radius 2 is 1.76 bits per heavy atom. The Hall–Kier alpha value is -3.80. The molecular weight excluding hydrogens is 452 g/mol. The van der Waals surface area contributed by atoms with Crippen LogP contribution in [0.5, 0.6) is 5.88 Å². The number of methoxy groups -OCH3 is 1. The normalized spacial score (nSPS) is 11.9. The molecule has 12 heteroatoms. The second kappa shape index (κ2) is 9.77. The molecule has 4 aromatic rings. The van der Waals surface area contributed by atoms with Crippen LogP contribution in [0.15, 0.2) is 48.8 Å². The van der Waals surface area contributed by atoms with Gasteiger partial charge in [0.2, 0.25) is 11.8 Å². The molecule has 3 heterocycles. The van der Waals surface area contributed by atoms with Crippen molar-refractivity contribution in [2.45, 2.75) is 13.3 Å². The minimum absolute atomic E-state index is 0.0410. The van der Waals surface area contributed by atoms with Crippen LogP contribution in [0.4, 0.5) is 14.7 Å². The van der Waals surface area contributed by atoms with Gasteiger partial charge in [-0.2, -0.15) is 0 Å². The van der Waals surface area contributed by atoms with Crippen molar-refractivity contribution in [3.63, 3.8) is 0 Å². The molecule has 170 valence electrons. The summed E-state index contributed by atoms with van der Waals surface area (Å²) in [7, 11) is -0.221. The van der Waals surface area contributed by atoms with Crippen LogP contribution in [-0.4, -0.2) is 46.8 Å². The molecule has 0 saturated carbocycles. The van der Waals surface area contributed by atoms with E-state index in [4.69, 9.17) is 4.74 Å². The molecule has 0 bridgehead atoms. The third-order valence-corrected chi connectivity index (χ3v) is 5.52. The highest BCUT2D eigenvalue weighted by Crippen LogP contribution is 2.28. The number of hydrogen-bond donors (Lipinski definition) is 1. The SMILES string of the molecule is COc1cccc(-c2nnc(NS(=O)CCc3ncc(C)cn3)n2-c2c(F)cccc2F)n1. The second-order valence-corrected chi connectivity index (χ2v) is 8.20. The molecule has 0 radical (unpaired) electrons. The molecule has 0 aliphatic carbocycles. The number of ether oxygens (including phenoxy) is 1. The Bertz CT molecular complexity index is 1280. The summed E-state index contributed by atoms with van der Waals surface area (Å²) in [5, 5.41) is 8.02. The van der Waals surface area contributed by atoms with E-state index in [1.807, 2.05) is 6.92 Å². The van der Waals surface area contributed by atoms with Gasteiger partial charge in [0.05, 0.1) is 12.9 Å². The lowest BCUT2D eigenvalue weighted by Gasteiger charge is -2.13. The lowest BCUT2D eigenvalue weighted by Crippen LogP contribution is -2.16. The predicted octanol–water partition coefficient (Wildman–Crippen LogP) is 3.03. The van der Waals surface area contributed by atoms with Crippen molar-refractivity contribution in [2.24, 2.45) is 0 Å². The molecule has 1 unspecified atom stereocenters. The third-order valence-electron chi connectivity index (χ3n) is 4.54. The minimum atomic E-state index is -1.67. The van der Waals surface area contributed by atoms with Gasteiger partial charge in [-0.3, -0.25) is 9.29 Å². The molecule has 0 fully saturated rings. The van der Waals surface area contributed by atoms with Gasteiger partial charge in [0.25, 0.3) is 0 Å². The molecule has 33 heavy (non-hydrogen) atoms. The fraction of sp³-hybridized carbons (Fsp3) is 0.190. The molecule has 4 rings (SSSR count). The summed E-state index contributed by atoms with van der Waals surface area (Å²) >= 11 is 0. The van der Waals surface area contributed by atoms with E-state index in [9.17, 15) is 13.0 Å². The van der Waals surface area contributed by atoms with E-state index in [1.54, 1.807) is 30.6 Å². The molecule has 9 nitrogen and oxygen atoms in total. The molecule has 0 saturated heterocycles. The van der Waals surface area contributed by atoms with Crippen molar-refractivity contribution in [3.05, 3.63) is 71.8 Å². The van der Waals surface area contributed by atoms with E-state index in [-0.39, 0.29) is 29.1 Å². The van der Waals surface area contributed by atoms with Crippen LogP contribution in [0.2, 0.25) is 0 Å². The standard InChI is InChI=1S/C21H19F2N7O2S/c1-13-11-24-17(25-12-13)9-10-33(31)29-21-28-27-20(16-7-4-8-18(26-16)32-2)30(21)19-14(22)5-3-6-15(19)23/h3-8,11-12H,9-10H2,1-2H3,(H,28,29). The number of benzene rings is 1. The van der Waals surface area contributed by atoms with E-state index >= 15 is 0 Å². The van der Waals surface area contributed by atoms with Crippen LogP contribution < -0.4 is 9.46 Å². The van der Waals surface area contributed by atoms with Gasteiger partial charge in [-0.25, -0.2) is 27.9 Å². The summed E-state index contributed by atoms with van der Waals surface area (Å²) in [4.78, 5) is 12.6. The summed E-state index contributed by atoms with van der Waals surface area (Å²) in [6.45, 7) is 1.87. The number of aromatic nitrogens is 6. The Labute approximate surface area is 190 Å². The number of rotatable bonds is 8. The maximum Gasteiger partial charge on any atom is 0.241 e. The van der Waals surface area contributed by atoms with Crippen molar-refractivity contribution in [1.82, 2.24) is 29.7 Å². The first-order chi connectivity index (χ1) is 16.0. The molecule has 0 aliphatic heterocycles. The summed E-state index contributed by atoms with van der Waals surface area (Å²) in [6.07, 6.45) is 3.67. The fourth-order valence-corrected chi connectivity index (χ4v) is 3.77. The molecule has 0 spiro atoms. The lowest BCUT2D eigenvalue weighted by molar-refractivity contribution is 0.398. The topological polar surface area (TPSA) is 108 Å². The van der Waals surface area contributed by atoms with Gasteiger partial charge in [0.15, 0.2) is 5.82 Å². The summed E-state index contributed by atoms with van der Waals surface area (Å²) in [5.74, 6) is -0.809. The molecule has 0 amide bonds. The number of anilines is 1. The predicted molar refractivity (Wildman–Crippen MR) is 118 cm³/mol. The van der Waals surface area contributed by atoms with Crippen molar-refractivity contribution < 1.29 is 17.7 Å². The highest BCUT2D eigenvalue weighted by molar-refractivity contribution is 7.86. The van der Waals surface area contributed by atoms with Gasteiger partial charge in [0, 0.05) is 24.9 Å². The van der Waals surface area contributed by atoms with Gasteiger partial charge in [-0.05, 0) is 30.7 Å². The van der Waals surface area contributed by atoms with Crippen molar-refractivity contribution in [3.8, 4) is 23.1 Å². The zero-order valence-corrected chi connectivity index (χ0v) is 18.5. The number of nitrogens with one attached hydrogen (secondary N) is 1. The minimum Gasteiger partial charge on any atom is -0.481 e. The van der Waals surface area contributed by atoms with E-state index in [2.05, 4.69) is 29.9 Å². The van der Waals surface area contributed by atoms with Crippen LogP contribution in [0, 0.1) is 18.6 Å². The van der Waals surface area contributed by atoms with Crippen molar-refractivity contribution in [2.75, 3.05) is 17.6 Å². The van der Waals surface area contributed by atoms with Gasteiger partial charge < -0.3 is 4.74 Å². The largest absolute Gasteiger partial charge is 0.481 e. The van der Waals surface area contributed by atoms with Crippen LogP contribution in [0.3, 0.4) is 0 Å². The first-order valence-electron chi connectivity index (χ1n) is 9.80. The smallest absolute Gasteiger partial charge is 0.241 e. The first kappa shape index (κ1) is 22.4. The number of aryl methyl sites for hydroxylation is 2. The summed E-state index contributed by atoms with van der Waals surface area (Å²) in [5.41, 5.74) is 0.747. The molecule has 3 aromatic heterocycles. The monoisotopic (exact) mass is 471 g/mol. The molecule has 1 atom stereocenters.